The van der Waals surface area contributed by atoms with Crippen molar-refractivity contribution in [3.8, 4) is 0 Å². The Morgan fingerprint density at radius 2 is 2.00 bits per heavy atom. The molecule has 1 rings (SSSR count). The van der Waals surface area contributed by atoms with Gasteiger partial charge >= 0.3 is 6.09 Å². The molecule has 3 atom stereocenters. The van der Waals surface area contributed by atoms with Crippen LogP contribution in [0.4, 0.5) is 4.79 Å². The van der Waals surface area contributed by atoms with E-state index in [9.17, 15) is 4.79 Å². The van der Waals surface area contributed by atoms with Crippen molar-refractivity contribution in [3.05, 3.63) is 0 Å². The highest BCUT2D eigenvalue weighted by Gasteiger charge is 2.62. The molecule has 0 radical (unpaired) electrons. The van der Waals surface area contributed by atoms with E-state index >= 15 is 0 Å². The van der Waals surface area contributed by atoms with Gasteiger partial charge in [0.1, 0.15) is 0 Å². The van der Waals surface area contributed by atoms with Crippen LogP contribution in [0.25, 0.3) is 0 Å². The minimum absolute atomic E-state index is 0.00714. The molecule has 0 saturated heterocycles. The summed E-state index contributed by atoms with van der Waals surface area (Å²) in [4.78, 5) is 11.2. The smallest absolute Gasteiger partial charge is 0.405 e. The summed E-state index contributed by atoms with van der Waals surface area (Å²) in [7, 11) is -1.24. The molecule has 0 aromatic heterocycles. The summed E-state index contributed by atoms with van der Waals surface area (Å²) in [6.07, 6.45) is -0.455. The summed E-state index contributed by atoms with van der Waals surface area (Å²) in [6, 6.07) is 0. The minimum Gasteiger partial charge on any atom is -0.434 e. The molecule has 21 heavy (non-hydrogen) atoms. The Morgan fingerprint density at radius 3 is 2.38 bits per heavy atom. The van der Waals surface area contributed by atoms with Crippen molar-refractivity contribution in [2.24, 2.45) is 33.9 Å². The van der Waals surface area contributed by atoms with E-state index in [1.807, 2.05) is 0 Å². The molecular formula is C13H27N3O4Si. The Bertz CT molecular complexity index is 422. The highest BCUT2D eigenvalue weighted by Crippen LogP contribution is 2.54. The van der Waals surface area contributed by atoms with Gasteiger partial charge in [-0.1, -0.05) is 25.9 Å². The predicted molar refractivity (Wildman–Crippen MR) is 82.7 cm³/mol. The van der Waals surface area contributed by atoms with Crippen molar-refractivity contribution in [2.45, 2.75) is 45.9 Å². The van der Waals surface area contributed by atoms with Gasteiger partial charge in [0.25, 0.3) is 0 Å². The van der Waals surface area contributed by atoms with Crippen LogP contribution in [0, 0.1) is 17.3 Å². The molecule has 0 spiro atoms. The van der Waals surface area contributed by atoms with Crippen molar-refractivity contribution >= 4 is 21.0 Å². The van der Waals surface area contributed by atoms with Gasteiger partial charge in [-0.3, -0.25) is 0 Å². The average molecular weight is 317 g/mol. The van der Waals surface area contributed by atoms with E-state index in [2.05, 4.69) is 39.0 Å². The maximum absolute atomic E-state index is 11.2. The maximum Gasteiger partial charge on any atom is 0.405 e. The van der Waals surface area contributed by atoms with Gasteiger partial charge in [0.05, 0.1) is 0 Å². The van der Waals surface area contributed by atoms with Crippen molar-refractivity contribution in [1.82, 2.24) is 0 Å². The largest absolute Gasteiger partial charge is 0.434 e. The molecule has 0 aromatic carbocycles. The van der Waals surface area contributed by atoms with Gasteiger partial charge in [-0.05, 0) is 30.8 Å². The first-order valence-electron chi connectivity index (χ1n) is 7.12. The molecule has 122 valence electrons. The number of carbonyl (C=O) groups excluding carboxylic acids is 1. The molecule has 1 amide bonds. The zero-order valence-corrected chi connectivity index (χ0v) is 14.6. The number of amides is 1. The van der Waals surface area contributed by atoms with Crippen LogP contribution < -0.4 is 11.5 Å². The summed E-state index contributed by atoms with van der Waals surface area (Å²) in [5, 5.41) is 12.1. The fourth-order valence-corrected chi connectivity index (χ4v) is 3.56. The van der Waals surface area contributed by atoms with E-state index in [4.69, 9.17) is 25.8 Å². The molecule has 0 heterocycles. The summed E-state index contributed by atoms with van der Waals surface area (Å²) >= 11 is 0. The van der Waals surface area contributed by atoms with E-state index in [0.717, 1.165) is 0 Å². The van der Waals surface area contributed by atoms with Gasteiger partial charge in [-0.25, -0.2) is 4.79 Å². The number of nitrogens with zero attached hydrogens (tertiary/aromatic N) is 1. The summed E-state index contributed by atoms with van der Waals surface area (Å²) in [6.45, 7) is 10.9. The molecule has 8 heteroatoms. The molecule has 1 aliphatic carbocycles. The van der Waals surface area contributed by atoms with E-state index in [1.54, 1.807) is 0 Å². The summed E-state index contributed by atoms with van der Waals surface area (Å²) in [5.41, 5.74) is 9.78. The third-order valence-electron chi connectivity index (χ3n) is 4.15. The number of rotatable bonds is 5. The Hall–Kier alpha value is -1.28. The fourth-order valence-electron chi connectivity index (χ4n) is 2.97. The number of nitrogens with two attached hydrogens (primary N) is 2. The number of hydrogen-bond acceptors (Lipinski definition) is 5. The Morgan fingerprint density at radius 1 is 1.43 bits per heavy atom. The van der Waals surface area contributed by atoms with E-state index in [-0.39, 0.29) is 23.1 Å². The highest BCUT2D eigenvalue weighted by atomic mass is 28.3. The van der Waals surface area contributed by atoms with E-state index in [0.29, 0.717) is 13.0 Å². The van der Waals surface area contributed by atoms with Gasteiger partial charge in [-0.2, -0.15) is 0 Å². The number of amidine groups is 1. The molecular weight excluding hydrogens is 290 g/mol. The Kier molecular flexibility index (Phi) is 5.27. The summed E-state index contributed by atoms with van der Waals surface area (Å²) < 4.78 is 11.1. The zero-order valence-electron chi connectivity index (χ0n) is 13.4. The fraction of sp³-hybridized carbons (Fsp3) is 0.846. The number of primary amides is 1. The van der Waals surface area contributed by atoms with Crippen LogP contribution in [0.3, 0.4) is 0 Å². The van der Waals surface area contributed by atoms with Crippen LogP contribution in [-0.2, 0) is 9.16 Å². The van der Waals surface area contributed by atoms with Gasteiger partial charge in [0, 0.05) is 12.5 Å². The second-order valence-corrected chi connectivity index (χ2v) is 9.39. The third kappa shape index (κ3) is 3.68. The minimum atomic E-state index is -1.24. The van der Waals surface area contributed by atoms with Crippen LogP contribution in [-0.4, -0.2) is 38.4 Å². The Labute approximate surface area is 127 Å². The molecule has 1 saturated carbocycles. The van der Waals surface area contributed by atoms with Crippen LogP contribution in [0.2, 0.25) is 13.1 Å². The van der Waals surface area contributed by atoms with Crippen molar-refractivity contribution in [1.29, 1.82) is 0 Å². The molecule has 1 fully saturated rings. The molecule has 1 aliphatic rings. The second-order valence-electron chi connectivity index (χ2n) is 6.96. The molecule has 0 aromatic rings. The lowest BCUT2D eigenvalue weighted by molar-refractivity contribution is -0.139. The number of carbonyl (C=O) groups is 1. The van der Waals surface area contributed by atoms with Gasteiger partial charge in [-0.15, -0.1) is 0 Å². The monoisotopic (exact) mass is 317 g/mol. The molecule has 5 N–H and O–H groups in total. The SMILES string of the molecule is C[SiH](C)OCC1C(C(C)(C)C)CC1(OC(N)=O)/C(N)=N/O. The van der Waals surface area contributed by atoms with Gasteiger partial charge in [0.2, 0.25) is 0 Å². The van der Waals surface area contributed by atoms with Crippen LogP contribution >= 0.6 is 0 Å². The summed E-state index contributed by atoms with van der Waals surface area (Å²) in [5.74, 6) is -0.0680. The van der Waals surface area contributed by atoms with Gasteiger partial charge < -0.3 is 25.8 Å². The topological polar surface area (TPSA) is 120 Å². The van der Waals surface area contributed by atoms with E-state index < -0.39 is 20.7 Å². The first-order chi connectivity index (χ1) is 9.54. The lowest BCUT2D eigenvalue weighted by Crippen LogP contribution is -2.68. The lowest BCUT2D eigenvalue weighted by Gasteiger charge is -2.57. The van der Waals surface area contributed by atoms with Gasteiger partial charge in [0.15, 0.2) is 20.5 Å². The van der Waals surface area contributed by atoms with Crippen molar-refractivity contribution < 1.29 is 19.2 Å². The predicted octanol–water partition coefficient (Wildman–Crippen LogP) is 1.25. The molecule has 7 nitrogen and oxygen atoms in total. The first kappa shape index (κ1) is 17.8. The Balaban J connectivity index is 3.08. The molecule has 0 bridgehead atoms. The van der Waals surface area contributed by atoms with Crippen LogP contribution in [0.5, 0.6) is 0 Å². The standard InChI is InChI=1S/C13H27N3O4Si/c1-12(2,3)8-6-13(10(14)16-18,20-11(15)17)9(8)7-19-21(4)5/h8-9,18,21H,6-7H2,1-5H3,(H2,14,16)(H2,15,17). The number of oxime groups is 1. The van der Waals surface area contributed by atoms with E-state index in [1.165, 1.54) is 0 Å². The van der Waals surface area contributed by atoms with Crippen molar-refractivity contribution in [3.63, 3.8) is 0 Å². The third-order valence-corrected chi connectivity index (χ3v) is 5.01. The second kappa shape index (κ2) is 6.23. The number of ether oxygens (including phenoxy) is 1. The van der Waals surface area contributed by atoms with Crippen LogP contribution in [0.15, 0.2) is 5.16 Å². The van der Waals surface area contributed by atoms with Crippen molar-refractivity contribution in [2.75, 3.05) is 6.61 Å². The van der Waals surface area contributed by atoms with Crippen LogP contribution in [0.1, 0.15) is 27.2 Å². The molecule has 0 aliphatic heterocycles. The first-order valence-corrected chi connectivity index (χ1v) is 9.90. The average Bonchev–Trinajstić information content (AvgIpc) is 2.30. The maximum atomic E-state index is 11.2. The molecule has 3 unspecified atom stereocenters. The lowest BCUT2D eigenvalue weighted by atomic mass is 9.53. The zero-order chi connectivity index (χ0) is 16.4. The number of hydrogen-bond donors (Lipinski definition) is 3. The quantitative estimate of drug-likeness (QED) is 0.232. The normalized spacial score (nSPS) is 30.1. The highest BCUT2D eigenvalue weighted by molar-refractivity contribution is 6.48.